The molecule has 0 bridgehead atoms. The summed E-state index contributed by atoms with van der Waals surface area (Å²) in [5.74, 6) is 1.59. The number of hydrogen-bond donors (Lipinski definition) is 0. The molecule has 0 atom stereocenters. The Bertz CT molecular complexity index is 811. The fourth-order valence-corrected chi connectivity index (χ4v) is 4.15. The number of nitrogens with zero attached hydrogens (tertiary/aromatic N) is 1. The predicted molar refractivity (Wildman–Crippen MR) is 120 cm³/mol. The van der Waals surface area contributed by atoms with Crippen LogP contribution in [0.1, 0.15) is 67.4 Å². The number of ether oxygens (including phenoxy) is 1. The molecule has 154 valence electrons. The highest BCUT2D eigenvalue weighted by Crippen LogP contribution is 2.32. The van der Waals surface area contributed by atoms with E-state index in [4.69, 9.17) is 4.74 Å². The van der Waals surface area contributed by atoms with Crippen molar-refractivity contribution in [2.45, 2.75) is 46.0 Å². The van der Waals surface area contributed by atoms with Gasteiger partial charge in [-0.05, 0) is 73.6 Å². The first-order chi connectivity index (χ1) is 14.2. The molecule has 0 N–H and O–H groups in total. The molecule has 1 amide bonds. The first kappa shape index (κ1) is 21.2. The van der Waals surface area contributed by atoms with Crippen LogP contribution in [0.15, 0.2) is 54.6 Å². The Kier molecular flexibility index (Phi) is 7.51. The van der Waals surface area contributed by atoms with Gasteiger partial charge in [0.05, 0.1) is 7.11 Å². The zero-order valence-corrected chi connectivity index (χ0v) is 18.0. The number of amides is 1. The van der Waals surface area contributed by atoms with Gasteiger partial charge in [0.1, 0.15) is 5.75 Å². The second-order valence-corrected chi connectivity index (χ2v) is 7.76. The molecule has 3 rings (SSSR count). The Hall–Kier alpha value is -2.55. The quantitative estimate of drug-likeness (QED) is 0.563. The van der Waals surface area contributed by atoms with Gasteiger partial charge in [0, 0.05) is 18.7 Å². The molecule has 0 aliphatic heterocycles. The second-order valence-electron chi connectivity index (χ2n) is 7.76. The van der Waals surface area contributed by atoms with Gasteiger partial charge >= 0.3 is 0 Å². The molecule has 2 aromatic carbocycles. The van der Waals surface area contributed by atoms with Crippen molar-refractivity contribution in [2.75, 3.05) is 20.2 Å². The van der Waals surface area contributed by atoms with Crippen LogP contribution in [0.2, 0.25) is 0 Å². The van der Waals surface area contributed by atoms with Gasteiger partial charge < -0.3 is 9.64 Å². The van der Waals surface area contributed by atoms with Gasteiger partial charge in [0.25, 0.3) is 5.91 Å². The van der Waals surface area contributed by atoms with Gasteiger partial charge in [-0.2, -0.15) is 0 Å². The number of carbonyl (C=O) groups excluding carboxylic acids is 1. The van der Waals surface area contributed by atoms with Crippen molar-refractivity contribution in [2.24, 2.45) is 5.92 Å². The third-order valence-electron chi connectivity index (χ3n) is 5.95. The van der Waals surface area contributed by atoms with Crippen LogP contribution < -0.4 is 4.74 Å². The van der Waals surface area contributed by atoms with Crippen LogP contribution >= 0.6 is 0 Å². The number of hydrogen-bond acceptors (Lipinski definition) is 2. The van der Waals surface area contributed by atoms with Gasteiger partial charge in [-0.25, -0.2) is 0 Å². The molecule has 0 saturated heterocycles. The summed E-state index contributed by atoms with van der Waals surface area (Å²) in [6.07, 6.45) is 8.95. The predicted octanol–water partition coefficient (Wildman–Crippen LogP) is 6.19. The average molecular weight is 392 g/mol. The molecule has 1 aliphatic rings. The number of methoxy groups -OCH3 is 1. The Morgan fingerprint density at radius 3 is 1.93 bits per heavy atom. The van der Waals surface area contributed by atoms with Crippen molar-refractivity contribution in [1.82, 2.24) is 4.90 Å². The van der Waals surface area contributed by atoms with Crippen molar-refractivity contribution in [3.8, 4) is 5.75 Å². The zero-order chi connectivity index (χ0) is 20.6. The molecule has 1 saturated carbocycles. The Morgan fingerprint density at radius 2 is 1.41 bits per heavy atom. The van der Waals surface area contributed by atoms with Crippen LogP contribution in [0.5, 0.6) is 5.75 Å². The molecular formula is C26H33NO2. The maximum Gasteiger partial charge on any atom is 0.253 e. The summed E-state index contributed by atoms with van der Waals surface area (Å²) in [6, 6.07) is 16.4. The molecule has 0 aromatic heterocycles. The maximum absolute atomic E-state index is 12.6. The summed E-state index contributed by atoms with van der Waals surface area (Å²) in [7, 11) is 1.69. The van der Waals surface area contributed by atoms with E-state index in [2.05, 4.69) is 30.3 Å². The molecule has 0 heterocycles. The SMILES string of the molecule is CCN(CC)C(=O)c1ccc(/C(=C\C2CCCCC2)c2ccc(OC)cc2)cc1. The van der Waals surface area contributed by atoms with E-state index in [1.807, 2.05) is 43.0 Å². The van der Waals surface area contributed by atoms with E-state index in [1.165, 1.54) is 43.2 Å². The van der Waals surface area contributed by atoms with Crippen molar-refractivity contribution >= 4 is 11.5 Å². The summed E-state index contributed by atoms with van der Waals surface area (Å²) >= 11 is 0. The monoisotopic (exact) mass is 391 g/mol. The summed E-state index contributed by atoms with van der Waals surface area (Å²) < 4.78 is 5.33. The lowest BCUT2D eigenvalue weighted by atomic mass is 9.85. The van der Waals surface area contributed by atoms with Crippen LogP contribution in [0, 0.1) is 5.92 Å². The molecule has 0 radical (unpaired) electrons. The van der Waals surface area contributed by atoms with E-state index in [1.54, 1.807) is 7.11 Å². The summed E-state index contributed by atoms with van der Waals surface area (Å²) in [5, 5.41) is 0. The number of allylic oxidation sites excluding steroid dienone is 1. The number of rotatable bonds is 7. The van der Waals surface area contributed by atoms with Crippen LogP contribution in [-0.2, 0) is 0 Å². The number of benzene rings is 2. The Labute approximate surface area is 175 Å². The highest BCUT2D eigenvalue weighted by Gasteiger charge is 2.16. The van der Waals surface area contributed by atoms with Crippen LogP contribution in [0.25, 0.3) is 5.57 Å². The summed E-state index contributed by atoms with van der Waals surface area (Å²) in [4.78, 5) is 14.5. The topological polar surface area (TPSA) is 29.5 Å². The highest BCUT2D eigenvalue weighted by molar-refractivity contribution is 5.94. The first-order valence-corrected chi connectivity index (χ1v) is 10.9. The van der Waals surface area contributed by atoms with E-state index < -0.39 is 0 Å². The van der Waals surface area contributed by atoms with Gasteiger partial charge in [-0.1, -0.05) is 49.6 Å². The third-order valence-corrected chi connectivity index (χ3v) is 5.95. The standard InChI is InChI=1S/C26H33NO2/c1-4-27(5-2)26(28)23-13-11-21(12-14-23)25(19-20-9-7-6-8-10-20)22-15-17-24(29-3)18-16-22/h11-20H,4-10H2,1-3H3/b25-19+. The van der Waals surface area contributed by atoms with Crippen molar-refractivity contribution in [1.29, 1.82) is 0 Å². The average Bonchev–Trinajstić information content (AvgIpc) is 2.79. The van der Waals surface area contributed by atoms with Crippen molar-refractivity contribution < 1.29 is 9.53 Å². The van der Waals surface area contributed by atoms with Gasteiger partial charge in [0.2, 0.25) is 0 Å². The van der Waals surface area contributed by atoms with Gasteiger partial charge in [0.15, 0.2) is 0 Å². The molecule has 1 fully saturated rings. The van der Waals surface area contributed by atoms with E-state index in [9.17, 15) is 4.79 Å². The van der Waals surface area contributed by atoms with Gasteiger partial charge in [-0.3, -0.25) is 4.79 Å². The van der Waals surface area contributed by atoms with Crippen molar-refractivity contribution in [3.05, 3.63) is 71.3 Å². The minimum Gasteiger partial charge on any atom is -0.497 e. The lowest BCUT2D eigenvalue weighted by molar-refractivity contribution is 0.0773. The Morgan fingerprint density at radius 1 is 0.897 bits per heavy atom. The van der Waals surface area contributed by atoms with E-state index in [0.717, 1.165) is 30.0 Å². The first-order valence-electron chi connectivity index (χ1n) is 10.9. The normalized spacial score (nSPS) is 15.2. The van der Waals surface area contributed by atoms with E-state index >= 15 is 0 Å². The minimum atomic E-state index is 0.101. The highest BCUT2D eigenvalue weighted by atomic mass is 16.5. The maximum atomic E-state index is 12.6. The zero-order valence-electron chi connectivity index (χ0n) is 18.0. The van der Waals surface area contributed by atoms with Crippen LogP contribution in [0.3, 0.4) is 0 Å². The number of carbonyl (C=O) groups is 1. The fraction of sp³-hybridized carbons (Fsp3) is 0.423. The molecule has 3 heteroatoms. The van der Waals surface area contributed by atoms with Crippen LogP contribution in [-0.4, -0.2) is 31.0 Å². The molecule has 1 aliphatic carbocycles. The summed E-state index contributed by atoms with van der Waals surface area (Å²) in [6.45, 7) is 5.50. The third kappa shape index (κ3) is 5.29. The molecular weight excluding hydrogens is 358 g/mol. The van der Waals surface area contributed by atoms with Gasteiger partial charge in [-0.15, -0.1) is 0 Å². The molecule has 2 aromatic rings. The minimum absolute atomic E-state index is 0.101. The fourth-order valence-electron chi connectivity index (χ4n) is 4.15. The Balaban J connectivity index is 1.92. The van der Waals surface area contributed by atoms with Crippen LogP contribution in [0.4, 0.5) is 0 Å². The van der Waals surface area contributed by atoms with Crippen molar-refractivity contribution in [3.63, 3.8) is 0 Å². The summed E-state index contributed by atoms with van der Waals surface area (Å²) in [5.41, 5.74) is 4.36. The van der Waals surface area contributed by atoms with E-state index in [0.29, 0.717) is 5.92 Å². The second kappa shape index (κ2) is 10.3. The van der Waals surface area contributed by atoms with E-state index in [-0.39, 0.29) is 5.91 Å². The molecule has 0 spiro atoms. The lowest BCUT2D eigenvalue weighted by Crippen LogP contribution is -2.30. The molecule has 3 nitrogen and oxygen atoms in total. The lowest BCUT2D eigenvalue weighted by Gasteiger charge is -2.21. The largest absolute Gasteiger partial charge is 0.497 e. The molecule has 0 unspecified atom stereocenters. The smallest absolute Gasteiger partial charge is 0.253 e. The molecule has 29 heavy (non-hydrogen) atoms.